The predicted molar refractivity (Wildman–Crippen MR) is 85.9 cm³/mol. The van der Waals surface area contributed by atoms with Crippen molar-refractivity contribution in [1.29, 1.82) is 0 Å². The van der Waals surface area contributed by atoms with Crippen molar-refractivity contribution in [3.05, 3.63) is 24.2 Å². The lowest BCUT2D eigenvalue weighted by atomic mass is 9.98. The second kappa shape index (κ2) is 6.02. The Balaban J connectivity index is 1.84. The predicted octanol–water partition coefficient (Wildman–Crippen LogP) is 2.29. The summed E-state index contributed by atoms with van der Waals surface area (Å²) < 4.78 is 1.95. The molecule has 21 heavy (non-hydrogen) atoms. The normalized spacial score (nSPS) is 16.8. The first-order chi connectivity index (χ1) is 10.1. The second-order valence-corrected chi connectivity index (χ2v) is 6.38. The number of aromatic nitrogens is 3. The maximum absolute atomic E-state index is 4.64. The minimum absolute atomic E-state index is 0.437. The van der Waals surface area contributed by atoms with Gasteiger partial charge < -0.3 is 10.2 Å². The lowest BCUT2D eigenvalue weighted by molar-refractivity contribution is 0.377. The molecule has 3 rings (SSSR count). The standard InChI is InChI=1S/C16H25N5/c1-12(2)14-10-15-16(18-8-9-21(15)19-14)20(3)11-13-4-6-17-7-5-13/h8-10,12-13,17H,4-7,11H2,1-3H3. The summed E-state index contributed by atoms with van der Waals surface area (Å²) in [4.78, 5) is 6.88. The first-order valence-corrected chi connectivity index (χ1v) is 7.91. The fourth-order valence-corrected chi connectivity index (χ4v) is 3.04. The molecule has 1 aliphatic rings. The quantitative estimate of drug-likeness (QED) is 0.937. The molecule has 0 spiro atoms. The molecule has 0 atom stereocenters. The average Bonchev–Trinajstić information content (AvgIpc) is 2.92. The Bertz CT molecular complexity index is 598. The van der Waals surface area contributed by atoms with E-state index in [1.54, 1.807) is 0 Å². The lowest BCUT2D eigenvalue weighted by Crippen LogP contribution is -2.35. The summed E-state index contributed by atoms with van der Waals surface area (Å²) in [6.07, 6.45) is 6.29. The van der Waals surface area contributed by atoms with Crippen LogP contribution in [-0.4, -0.2) is 41.3 Å². The summed E-state index contributed by atoms with van der Waals surface area (Å²) in [5.74, 6) is 2.23. The van der Waals surface area contributed by atoms with Gasteiger partial charge in [0.15, 0.2) is 5.82 Å². The Labute approximate surface area is 126 Å². The summed E-state index contributed by atoms with van der Waals surface area (Å²) >= 11 is 0. The average molecular weight is 287 g/mol. The molecule has 0 aliphatic carbocycles. The molecule has 0 unspecified atom stereocenters. The molecular formula is C16H25N5. The number of nitrogens with one attached hydrogen (secondary N) is 1. The van der Waals surface area contributed by atoms with Crippen LogP contribution < -0.4 is 10.2 Å². The van der Waals surface area contributed by atoms with E-state index in [4.69, 9.17) is 0 Å². The lowest BCUT2D eigenvalue weighted by Gasteiger charge is -2.28. The largest absolute Gasteiger partial charge is 0.358 e. The van der Waals surface area contributed by atoms with Gasteiger partial charge in [0.05, 0.1) is 5.69 Å². The van der Waals surface area contributed by atoms with E-state index in [9.17, 15) is 0 Å². The van der Waals surface area contributed by atoms with Crippen LogP contribution in [0.15, 0.2) is 18.5 Å². The SMILES string of the molecule is CC(C)c1cc2c(N(C)CC3CCNCC3)nccn2n1. The number of rotatable bonds is 4. The molecule has 2 aromatic heterocycles. The summed E-state index contributed by atoms with van der Waals surface area (Å²) in [7, 11) is 2.15. The highest BCUT2D eigenvalue weighted by molar-refractivity contribution is 5.69. The molecule has 1 fully saturated rings. The summed E-state index contributed by atoms with van der Waals surface area (Å²) in [6, 6.07) is 2.17. The molecule has 3 heterocycles. The highest BCUT2D eigenvalue weighted by Crippen LogP contribution is 2.24. The van der Waals surface area contributed by atoms with Crippen LogP contribution in [0.3, 0.4) is 0 Å². The van der Waals surface area contributed by atoms with Gasteiger partial charge in [-0.05, 0) is 43.8 Å². The summed E-state index contributed by atoms with van der Waals surface area (Å²) in [5, 5.41) is 8.07. The first kappa shape index (κ1) is 14.3. The van der Waals surface area contributed by atoms with E-state index in [0.29, 0.717) is 5.92 Å². The van der Waals surface area contributed by atoms with Gasteiger partial charge in [-0.3, -0.25) is 0 Å². The maximum Gasteiger partial charge on any atom is 0.154 e. The number of piperidine rings is 1. The van der Waals surface area contributed by atoms with Crippen LogP contribution in [0.4, 0.5) is 5.82 Å². The highest BCUT2D eigenvalue weighted by Gasteiger charge is 2.18. The molecule has 0 bridgehead atoms. The third kappa shape index (κ3) is 3.02. The summed E-state index contributed by atoms with van der Waals surface area (Å²) in [6.45, 7) is 7.69. The molecule has 0 saturated carbocycles. The molecule has 2 aromatic rings. The monoisotopic (exact) mass is 287 g/mol. The Morgan fingerprint density at radius 2 is 2.14 bits per heavy atom. The van der Waals surface area contributed by atoms with Crippen LogP contribution in [0, 0.1) is 5.92 Å². The van der Waals surface area contributed by atoms with Gasteiger partial charge in [-0.15, -0.1) is 0 Å². The molecule has 0 radical (unpaired) electrons. The smallest absolute Gasteiger partial charge is 0.154 e. The molecular weight excluding hydrogens is 262 g/mol. The third-order valence-corrected chi connectivity index (χ3v) is 4.33. The van der Waals surface area contributed by atoms with Crippen LogP contribution in [0.25, 0.3) is 5.52 Å². The van der Waals surface area contributed by atoms with Gasteiger partial charge >= 0.3 is 0 Å². The van der Waals surface area contributed by atoms with E-state index in [0.717, 1.165) is 42.6 Å². The van der Waals surface area contributed by atoms with Crippen molar-refractivity contribution < 1.29 is 0 Å². The zero-order valence-electron chi connectivity index (χ0n) is 13.2. The third-order valence-electron chi connectivity index (χ3n) is 4.33. The van der Waals surface area contributed by atoms with Gasteiger partial charge in [0.25, 0.3) is 0 Å². The Morgan fingerprint density at radius 1 is 1.38 bits per heavy atom. The molecule has 0 amide bonds. The van der Waals surface area contributed by atoms with Crippen LogP contribution >= 0.6 is 0 Å². The van der Waals surface area contributed by atoms with E-state index in [2.05, 4.69) is 47.3 Å². The van der Waals surface area contributed by atoms with Gasteiger partial charge in [-0.25, -0.2) is 9.50 Å². The fraction of sp³-hybridized carbons (Fsp3) is 0.625. The zero-order valence-corrected chi connectivity index (χ0v) is 13.2. The van der Waals surface area contributed by atoms with Gasteiger partial charge in [0, 0.05) is 26.0 Å². The summed E-state index contributed by atoms with van der Waals surface area (Å²) in [5.41, 5.74) is 2.23. The minimum Gasteiger partial charge on any atom is -0.358 e. The van der Waals surface area contributed by atoms with Crippen LogP contribution in [0.1, 0.15) is 38.3 Å². The number of hydrogen-bond acceptors (Lipinski definition) is 4. The van der Waals surface area contributed by atoms with Gasteiger partial charge in [-0.1, -0.05) is 13.8 Å². The molecule has 1 aliphatic heterocycles. The van der Waals surface area contributed by atoms with E-state index in [1.165, 1.54) is 12.8 Å². The number of nitrogens with zero attached hydrogens (tertiary/aromatic N) is 4. The van der Waals surface area contributed by atoms with Crippen LogP contribution in [0.2, 0.25) is 0 Å². The molecule has 5 heteroatoms. The van der Waals surface area contributed by atoms with E-state index in [-0.39, 0.29) is 0 Å². The number of hydrogen-bond donors (Lipinski definition) is 1. The minimum atomic E-state index is 0.437. The topological polar surface area (TPSA) is 45.5 Å². The molecule has 114 valence electrons. The van der Waals surface area contributed by atoms with Crippen molar-refractivity contribution >= 4 is 11.3 Å². The van der Waals surface area contributed by atoms with Crippen molar-refractivity contribution in [2.75, 3.05) is 31.6 Å². The number of anilines is 1. The van der Waals surface area contributed by atoms with E-state index < -0.39 is 0 Å². The Kier molecular flexibility index (Phi) is 4.10. The Hall–Kier alpha value is -1.62. The highest BCUT2D eigenvalue weighted by atomic mass is 15.3. The number of fused-ring (bicyclic) bond motifs is 1. The molecule has 1 saturated heterocycles. The fourth-order valence-electron chi connectivity index (χ4n) is 3.04. The van der Waals surface area contributed by atoms with E-state index in [1.807, 2.05) is 16.9 Å². The van der Waals surface area contributed by atoms with Crippen molar-refractivity contribution in [2.24, 2.45) is 5.92 Å². The van der Waals surface area contributed by atoms with Crippen molar-refractivity contribution in [3.8, 4) is 0 Å². The zero-order chi connectivity index (χ0) is 14.8. The van der Waals surface area contributed by atoms with Gasteiger partial charge in [0.2, 0.25) is 0 Å². The first-order valence-electron chi connectivity index (χ1n) is 7.91. The second-order valence-electron chi connectivity index (χ2n) is 6.38. The van der Waals surface area contributed by atoms with Crippen molar-refractivity contribution in [3.63, 3.8) is 0 Å². The maximum atomic E-state index is 4.64. The molecule has 5 nitrogen and oxygen atoms in total. The van der Waals surface area contributed by atoms with Gasteiger partial charge in [-0.2, -0.15) is 5.10 Å². The van der Waals surface area contributed by atoms with Crippen molar-refractivity contribution in [1.82, 2.24) is 19.9 Å². The van der Waals surface area contributed by atoms with Crippen LogP contribution in [-0.2, 0) is 0 Å². The molecule has 1 N–H and O–H groups in total. The Morgan fingerprint density at radius 3 is 2.86 bits per heavy atom. The van der Waals surface area contributed by atoms with E-state index >= 15 is 0 Å². The van der Waals surface area contributed by atoms with Gasteiger partial charge in [0.1, 0.15) is 5.52 Å². The van der Waals surface area contributed by atoms with Crippen molar-refractivity contribution in [2.45, 2.75) is 32.6 Å². The van der Waals surface area contributed by atoms with Crippen LogP contribution in [0.5, 0.6) is 0 Å². The molecule has 0 aromatic carbocycles.